The molecule has 2 N–H and O–H groups in total. The molecule has 0 radical (unpaired) electrons. The fraction of sp³-hybridized carbons (Fsp3) is 0.412. The first-order chi connectivity index (χ1) is 12.6. The van der Waals surface area contributed by atoms with Crippen LogP contribution < -0.4 is 13.9 Å². The lowest BCUT2D eigenvalue weighted by Gasteiger charge is -2.20. The molecule has 7 nitrogen and oxygen atoms in total. The van der Waals surface area contributed by atoms with Crippen molar-refractivity contribution in [3.8, 4) is 28.6 Å². The third-order valence-electron chi connectivity index (χ3n) is 3.53. The van der Waals surface area contributed by atoms with E-state index in [1.54, 1.807) is 31.4 Å². The van der Waals surface area contributed by atoms with Crippen LogP contribution in [0.5, 0.6) is 17.2 Å². The van der Waals surface area contributed by atoms with Crippen molar-refractivity contribution >= 4 is 35.5 Å². The third-order valence-corrected chi connectivity index (χ3v) is 5.66. The number of methoxy groups -OCH3 is 1. The Labute approximate surface area is 170 Å². The zero-order valence-electron chi connectivity index (χ0n) is 15.6. The molecule has 0 saturated heterocycles. The Bertz CT molecular complexity index is 790. The number of hydrogen-bond donors (Lipinski definition) is 2. The second kappa shape index (κ2) is 9.24. The van der Waals surface area contributed by atoms with Crippen molar-refractivity contribution in [2.45, 2.75) is 30.9 Å². The molecule has 1 heterocycles. The van der Waals surface area contributed by atoms with Crippen LogP contribution >= 0.6 is 15.9 Å². The number of nitrogens with one attached hydrogen (secondary N) is 1. The predicted molar refractivity (Wildman–Crippen MR) is 110 cm³/mol. The minimum Gasteiger partial charge on any atom is -0.760 e. The molecule has 0 aliphatic rings. The zero-order valence-corrected chi connectivity index (χ0v) is 19.0. The molecule has 0 amide bonds. The molecule has 10 heteroatoms. The van der Waals surface area contributed by atoms with Crippen LogP contribution in [-0.4, -0.2) is 35.8 Å². The lowest BCUT2D eigenvalue weighted by molar-refractivity contribution is 0.414. The van der Waals surface area contributed by atoms with Crippen LogP contribution in [0.1, 0.15) is 17.0 Å². The molecule has 0 saturated carbocycles. The maximum atomic E-state index is 10.8. The standard InChI is InChI=1S/C17H24BrNO6SSi/c1-23-12-7-5-11(6-8-12)15-14(20)17(25-27(2,3)4)16(24-15)13(18)9-10-19-26(21)22/h5-8,13,19-20H,9-10H2,1-4H3,(H,21,22)/p-1. The molecule has 27 heavy (non-hydrogen) atoms. The van der Waals surface area contributed by atoms with Crippen molar-refractivity contribution in [3.63, 3.8) is 0 Å². The molecule has 2 atom stereocenters. The minimum atomic E-state index is -2.33. The number of benzene rings is 1. The Hall–Kier alpha value is -1.33. The van der Waals surface area contributed by atoms with Crippen LogP contribution in [0.4, 0.5) is 0 Å². The predicted octanol–water partition coefficient (Wildman–Crippen LogP) is 4.08. The number of alkyl halides is 1. The molecule has 1 aromatic carbocycles. The van der Waals surface area contributed by atoms with Gasteiger partial charge >= 0.3 is 0 Å². The van der Waals surface area contributed by atoms with E-state index in [0.29, 0.717) is 35.0 Å². The summed E-state index contributed by atoms with van der Waals surface area (Å²) in [5, 5.41) is 10.8. The molecule has 0 aliphatic carbocycles. The van der Waals surface area contributed by atoms with Crippen LogP contribution in [0.15, 0.2) is 28.7 Å². The average molecular weight is 477 g/mol. The smallest absolute Gasteiger partial charge is 0.242 e. The van der Waals surface area contributed by atoms with Gasteiger partial charge in [0, 0.05) is 23.4 Å². The van der Waals surface area contributed by atoms with Crippen molar-refractivity contribution in [3.05, 3.63) is 30.0 Å². The van der Waals surface area contributed by atoms with E-state index < -0.39 is 19.6 Å². The van der Waals surface area contributed by atoms with E-state index in [1.807, 2.05) is 19.6 Å². The Balaban J connectivity index is 2.39. The van der Waals surface area contributed by atoms with Crippen LogP contribution in [0.25, 0.3) is 11.3 Å². The molecule has 0 bridgehead atoms. The van der Waals surface area contributed by atoms with Gasteiger partial charge in [-0.05, 0) is 50.3 Å². The summed E-state index contributed by atoms with van der Waals surface area (Å²) in [6.45, 7) is 6.22. The van der Waals surface area contributed by atoms with E-state index in [1.165, 1.54) is 0 Å². The largest absolute Gasteiger partial charge is 0.760 e. The highest BCUT2D eigenvalue weighted by molar-refractivity contribution is 9.09. The van der Waals surface area contributed by atoms with Gasteiger partial charge in [-0.15, -0.1) is 0 Å². The Morgan fingerprint density at radius 3 is 2.48 bits per heavy atom. The van der Waals surface area contributed by atoms with Gasteiger partial charge < -0.3 is 23.2 Å². The van der Waals surface area contributed by atoms with Gasteiger partial charge in [-0.25, -0.2) is 4.72 Å². The fourth-order valence-electron chi connectivity index (χ4n) is 2.37. The molecular formula is C17H23BrNO6SSi-. The topological polar surface area (TPSA) is 104 Å². The van der Waals surface area contributed by atoms with Crippen LogP contribution in [-0.2, 0) is 11.3 Å². The summed E-state index contributed by atoms with van der Waals surface area (Å²) in [5.74, 6) is 1.65. The number of ether oxygens (including phenoxy) is 1. The average Bonchev–Trinajstić information content (AvgIpc) is 2.90. The SMILES string of the molecule is COc1ccc(-c2oc(C(Br)CCNS(=O)[O-])c(O[Si](C)(C)C)c2O)cc1. The van der Waals surface area contributed by atoms with E-state index in [-0.39, 0.29) is 17.1 Å². The quantitative estimate of drug-likeness (QED) is 0.320. The molecule has 0 aliphatic heterocycles. The number of furan rings is 1. The number of rotatable bonds is 9. The van der Waals surface area contributed by atoms with Gasteiger partial charge in [0.05, 0.1) is 11.9 Å². The lowest BCUT2D eigenvalue weighted by Crippen LogP contribution is -2.29. The zero-order chi connectivity index (χ0) is 20.2. The summed E-state index contributed by atoms with van der Waals surface area (Å²) in [7, 11) is -0.454. The highest BCUT2D eigenvalue weighted by atomic mass is 79.9. The first-order valence-corrected chi connectivity index (χ1v) is 13.7. The second-order valence-electron chi connectivity index (χ2n) is 6.80. The summed E-state index contributed by atoms with van der Waals surface area (Å²) in [4.78, 5) is -0.335. The van der Waals surface area contributed by atoms with Crippen LogP contribution in [0.2, 0.25) is 19.6 Å². The van der Waals surface area contributed by atoms with Crippen LogP contribution in [0.3, 0.4) is 0 Å². The van der Waals surface area contributed by atoms with E-state index >= 15 is 0 Å². The molecule has 2 unspecified atom stereocenters. The van der Waals surface area contributed by atoms with E-state index in [2.05, 4.69) is 20.7 Å². The van der Waals surface area contributed by atoms with Gasteiger partial charge in [0.15, 0.2) is 17.3 Å². The molecule has 1 aromatic heterocycles. The highest BCUT2D eigenvalue weighted by Crippen LogP contribution is 2.48. The maximum Gasteiger partial charge on any atom is 0.242 e. The summed E-state index contributed by atoms with van der Waals surface area (Å²) < 4.78 is 40.8. The molecule has 0 spiro atoms. The van der Waals surface area contributed by atoms with Gasteiger partial charge in [0.1, 0.15) is 5.75 Å². The Morgan fingerprint density at radius 2 is 1.96 bits per heavy atom. The molecule has 2 rings (SSSR count). The van der Waals surface area contributed by atoms with Crippen molar-refractivity contribution in [2.24, 2.45) is 0 Å². The monoisotopic (exact) mass is 476 g/mol. The summed E-state index contributed by atoms with van der Waals surface area (Å²) in [6.07, 6.45) is 0.422. The van der Waals surface area contributed by atoms with Gasteiger partial charge in [-0.2, -0.15) is 0 Å². The fourth-order valence-corrected chi connectivity index (χ4v) is 4.00. The second-order valence-corrected chi connectivity index (χ2v) is 13.1. The Kier molecular flexibility index (Phi) is 7.52. The highest BCUT2D eigenvalue weighted by Gasteiger charge is 2.30. The maximum absolute atomic E-state index is 10.8. The normalized spacial score (nSPS) is 14.0. The van der Waals surface area contributed by atoms with Crippen molar-refractivity contribution in [1.29, 1.82) is 0 Å². The van der Waals surface area contributed by atoms with Gasteiger partial charge in [-0.3, -0.25) is 4.21 Å². The van der Waals surface area contributed by atoms with Crippen molar-refractivity contribution in [1.82, 2.24) is 4.72 Å². The Morgan fingerprint density at radius 1 is 1.33 bits per heavy atom. The molecule has 0 fully saturated rings. The first kappa shape index (κ1) is 22.0. The van der Waals surface area contributed by atoms with Crippen molar-refractivity contribution < 1.29 is 27.4 Å². The van der Waals surface area contributed by atoms with Crippen molar-refractivity contribution in [2.75, 3.05) is 13.7 Å². The van der Waals surface area contributed by atoms with Gasteiger partial charge in [0.2, 0.25) is 14.1 Å². The summed E-state index contributed by atoms with van der Waals surface area (Å²) >= 11 is 1.18. The summed E-state index contributed by atoms with van der Waals surface area (Å²) in [5.41, 5.74) is 0.679. The molecule has 150 valence electrons. The van der Waals surface area contributed by atoms with E-state index in [0.717, 1.165) is 0 Å². The first-order valence-electron chi connectivity index (χ1n) is 8.28. The van der Waals surface area contributed by atoms with E-state index in [9.17, 15) is 13.9 Å². The van der Waals surface area contributed by atoms with Crippen LogP contribution in [0, 0.1) is 0 Å². The third kappa shape index (κ3) is 6.08. The number of hydrogen-bond acceptors (Lipinski definition) is 6. The van der Waals surface area contributed by atoms with Gasteiger partial charge in [-0.1, -0.05) is 15.9 Å². The minimum absolute atomic E-state index is 0.0672. The molecular weight excluding hydrogens is 454 g/mol. The lowest BCUT2D eigenvalue weighted by atomic mass is 10.1. The molecule has 2 aromatic rings. The summed E-state index contributed by atoms with van der Waals surface area (Å²) in [6, 6.07) is 7.11. The van der Waals surface area contributed by atoms with E-state index in [4.69, 9.17) is 13.6 Å². The number of aromatic hydroxyl groups is 1. The number of halogens is 1. The van der Waals surface area contributed by atoms with Gasteiger partial charge in [0.25, 0.3) is 0 Å².